The third kappa shape index (κ3) is 7.84. The summed E-state index contributed by atoms with van der Waals surface area (Å²) in [5.41, 5.74) is 1.03. The van der Waals surface area contributed by atoms with E-state index in [1.54, 1.807) is 24.3 Å². The lowest BCUT2D eigenvalue weighted by Crippen LogP contribution is -2.07. The molecule has 0 saturated heterocycles. The van der Waals surface area contributed by atoms with E-state index >= 15 is 0 Å². The van der Waals surface area contributed by atoms with Crippen LogP contribution in [0.5, 0.6) is 0 Å². The Morgan fingerprint density at radius 3 is 2.00 bits per heavy atom. The normalized spacial score (nSPS) is 11.7. The zero-order chi connectivity index (χ0) is 15.6. The molecule has 0 heterocycles. The lowest BCUT2D eigenvalue weighted by molar-refractivity contribution is 0.306. The third-order valence-electron chi connectivity index (χ3n) is 3.33. The molecule has 0 unspecified atom stereocenters. The van der Waals surface area contributed by atoms with Gasteiger partial charge in [-0.25, -0.2) is 0 Å². The Morgan fingerprint density at radius 2 is 1.43 bits per heavy atom. The van der Waals surface area contributed by atoms with Crippen molar-refractivity contribution >= 4 is 21.7 Å². The predicted octanol–water partition coefficient (Wildman–Crippen LogP) is 4.67. The lowest BCUT2D eigenvalue weighted by Gasteiger charge is -2.06. The van der Waals surface area contributed by atoms with E-state index in [0.717, 1.165) is 37.1 Å². The number of unbranched alkanes of at least 4 members (excludes halogenated alkanes) is 6. The van der Waals surface area contributed by atoms with Crippen LogP contribution in [0.25, 0.3) is 0 Å². The summed E-state index contributed by atoms with van der Waals surface area (Å²) in [5, 5.41) is 0. The fraction of sp³-hybridized carbons (Fsp3) is 0.625. The molecule has 5 heteroatoms. The van der Waals surface area contributed by atoms with Crippen LogP contribution in [-0.4, -0.2) is 20.9 Å². The van der Waals surface area contributed by atoms with Gasteiger partial charge in [-0.05, 0) is 31.9 Å². The van der Waals surface area contributed by atoms with Crippen molar-refractivity contribution in [1.82, 2.24) is 0 Å². The highest BCUT2D eigenvalue weighted by Gasteiger charge is 2.14. The van der Waals surface area contributed by atoms with Crippen molar-refractivity contribution in [1.29, 1.82) is 0 Å². The summed E-state index contributed by atoms with van der Waals surface area (Å²) in [4.78, 5) is 0.231. The highest BCUT2D eigenvalue weighted by molar-refractivity contribution is 7.86. The molecule has 1 rings (SSSR count). The molecule has 0 bridgehead atoms. The monoisotopic (exact) mass is 332 g/mol. The van der Waals surface area contributed by atoms with E-state index in [4.69, 9.17) is 15.8 Å². The minimum absolute atomic E-state index is 0.231. The standard InChI is InChI=1S/C16H25ClO3S/c1-15-9-11-16(12-10-15)21(18,19)20-14-8-6-4-2-3-5-7-13-17/h9-12H,2-8,13-14H2,1H3. The summed E-state index contributed by atoms with van der Waals surface area (Å²) < 4.78 is 28.9. The summed E-state index contributed by atoms with van der Waals surface area (Å²) in [5.74, 6) is 0.741. The van der Waals surface area contributed by atoms with Gasteiger partial charge in [0.2, 0.25) is 0 Å². The van der Waals surface area contributed by atoms with Gasteiger partial charge in [0.25, 0.3) is 10.1 Å². The number of hydrogen-bond donors (Lipinski definition) is 0. The first-order valence-corrected chi connectivity index (χ1v) is 9.52. The second-order valence-electron chi connectivity index (χ2n) is 5.25. The molecule has 0 fully saturated rings. The number of hydrogen-bond acceptors (Lipinski definition) is 3. The molecule has 120 valence electrons. The molecule has 0 aliphatic heterocycles. The number of halogens is 1. The topological polar surface area (TPSA) is 43.4 Å². The van der Waals surface area contributed by atoms with Gasteiger partial charge < -0.3 is 0 Å². The molecule has 0 aromatic heterocycles. The van der Waals surface area contributed by atoms with Crippen LogP contribution in [0.3, 0.4) is 0 Å². The second kappa shape index (κ2) is 10.2. The maximum Gasteiger partial charge on any atom is 0.296 e. The molecule has 0 saturated carbocycles. The van der Waals surface area contributed by atoms with Gasteiger partial charge in [0.15, 0.2) is 0 Å². The zero-order valence-corrected chi connectivity index (χ0v) is 14.3. The van der Waals surface area contributed by atoms with Gasteiger partial charge in [-0.3, -0.25) is 4.18 Å². The molecular formula is C16H25ClO3S. The van der Waals surface area contributed by atoms with Crippen LogP contribution in [-0.2, 0) is 14.3 Å². The van der Waals surface area contributed by atoms with E-state index in [2.05, 4.69) is 0 Å². The van der Waals surface area contributed by atoms with E-state index in [1.165, 1.54) is 19.3 Å². The van der Waals surface area contributed by atoms with E-state index in [0.29, 0.717) is 0 Å². The minimum Gasteiger partial charge on any atom is -0.266 e. The van der Waals surface area contributed by atoms with Crippen LogP contribution in [0.4, 0.5) is 0 Å². The molecule has 0 atom stereocenters. The number of rotatable bonds is 11. The van der Waals surface area contributed by atoms with Crippen molar-refractivity contribution in [3.05, 3.63) is 29.8 Å². The predicted molar refractivity (Wildman–Crippen MR) is 87.4 cm³/mol. The molecule has 0 amide bonds. The first-order valence-electron chi connectivity index (χ1n) is 7.58. The van der Waals surface area contributed by atoms with Crippen LogP contribution in [0.15, 0.2) is 29.2 Å². The maximum atomic E-state index is 11.9. The summed E-state index contributed by atoms with van der Waals surface area (Å²) in [7, 11) is -3.60. The fourth-order valence-corrected chi connectivity index (χ4v) is 3.15. The van der Waals surface area contributed by atoms with Gasteiger partial charge in [0.1, 0.15) is 0 Å². The van der Waals surface area contributed by atoms with Crippen molar-refractivity contribution in [3.8, 4) is 0 Å². The van der Waals surface area contributed by atoms with Gasteiger partial charge in [0.05, 0.1) is 11.5 Å². The lowest BCUT2D eigenvalue weighted by atomic mass is 10.1. The zero-order valence-electron chi connectivity index (χ0n) is 12.7. The summed E-state index contributed by atoms with van der Waals surface area (Å²) in [6.07, 6.45) is 7.55. The summed E-state index contributed by atoms with van der Waals surface area (Å²) in [6.45, 7) is 2.18. The smallest absolute Gasteiger partial charge is 0.266 e. The fourth-order valence-electron chi connectivity index (χ4n) is 2.02. The quantitative estimate of drug-likeness (QED) is 0.336. The van der Waals surface area contributed by atoms with Crippen LogP contribution in [0.1, 0.15) is 50.5 Å². The molecule has 3 nitrogen and oxygen atoms in total. The Morgan fingerprint density at radius 1 is 0.905 bits per heavy atom. The van der Waals surface area contributed by atoms with Crippen LogP contribution in [0, 0.1) is 6.92 Å². The Kier molecular flexibility index (Phi) is 8.97. The minimum atomic E-state index is -3.60. The molecule has 0 aliphatic rings. The largest absolute Gasteiger partial charge is 0.296 e. The summed E-state index contributed by atoms with van der Waals surface area (Å²) >= 11 is 5.61. The number of aryl methyl sites for hydroxylation is 1. The van der Waals surface area contributed by atoms with Crippen LogP contribution >= 0.6 is 11.6 Å². The van der Waals surface area contributed by atoms with Crippen molar-refractivity contribution in [2.45, 2.75) is 56.8 Å². The molecule has 1 aromatic carbocycles. The molecule has 0 aliphatic carbocycles. The van der Waals surface area contributed by atoms with Gasteiger partial charge in [-0.2, -0.15) is 8.42 Å². The summed E-state index contributed by atoms with van der Waals surface area (Å²) in [6, 6.07) is 6.72. The Balaban J connectivity index is 2.15. The van der Waals surface area contributed by atoms with Crippen LogP contribution in [0.2, 0.25) is 0 Å². The Hall–Kier alpha value is -0.580. The molecular weight excluding hydrogens is 308 g/mol. The number of benzene rings is 1. The molecule has 21 heavy (non-hydrogen) atoms. The van der Waals surface area contributed by atoms with Gasteiger partial charge in [0, 0.05) is 5.88 Å². The van der Waals surface area contributed by atoms with Crippen molar-refractivity contribution < 1.29 is 12.6 Å². The van der Waals surface area contributed by atoms with Crippen molar-refractivity contribution in [3.63, 3.8) is 0 Å². The first kappa shape index (κ1) is 18.5. The van der Waals surface area contributed by atoms with Gasteiger partial charge in [-0.1, -0.05) is 49.8 Å². The van der Waals surface area contributed by atoms with E-state index < -0.39 is 10.1 Å². The van der Waals surface area contributed by atoms with Crippen molar-refractivity contribution in [2.24, 2.45) is 0 Å². The van der Waals surface area contributed by atoms with Gasteiger partial charge in [-0.15, -0.1) is 11.6 Å². The SMILES string of the molecule is Cc1ccc(S(=O)(=O)OCCCCCCCCCCl)cc1. The van der Waals surface area contributed by atoms with E-state index in [1.807, 2.05) is 6.92 Å². The van der Waals surface area contributed by atoms with Gasteiger partial charge >= 0.3 is 0 Å². The highest BCUT2D eigenvalue weighted by atomic mass is 35.5. The Bertz CT molecular complexity index is 483. The average molecular weight is 333 g/mol. The number of alkyl halides is 1. The first-order chi connectivity index (χ1) is 10.1. The Labute approximate surface area is 133 Å². The van der Waals surface area contributed by atoms with E-state index in [-0.39, 0.29) is 11.5 Å². The van der Waals surface area contributed by atoms with E-state index in [9.17, 15) is 8.42 Å². The molecule has 1 aromatic rings. The van der Waals surface area contributed by atoms with Crippen molar-refractivity contribution in [2.75, 3.05) is 12.5 Å². The van der Waals surface area contributed by atoms with Crippen LogP contribution < -0.4 is 0 Å². The molecule has 0 radical (unpaired) electrons. The average Bonchev–Trinajstić information content (AvgIpc) is 2.46. The second-order valence-corrected chi connectivity index (χ2v) is 7.25. The maximum absolute atomic E-state index is 11.9. The molecule has 0 N–H and O–H groups in total. The highest BCUT2D eigenvalue weighted by Crippen LogP contribution is 2.14. The molecule has 0 spiro atoms. The third-order valence-corrected chi connectivity index (χ3v) is 4.92.